The largest absolute Gasteiger partial charge is 0.497 e. The van der Waals surface area contributed by atoms with Crippen molar-refractivity contribution in [3.63, 3.8) is 0 Å². The second-order valence-electron chi connectivity index (χ2n) is 6.59. The van der Waals surface area contributed by atoms with Crippen molar-refractivity contribution < 1.29 is 4.74 Å². The quantitative estimate of drug-likeness (QED) is 0.744. The van der Waals surface area contributed by atoms with Gasteiger partial charge in [-0.25, -0.2) is 4.98 Å². The predicted octanol–water partition coefficient (Wildman–Crippen LogP) is 4.42. The number of hydrogen-bond donors (Lipinski definition) is 1. The first kappa shape index (κ1) is 16.6. The number of nitrogens with one attached hydrogen (secondary N) is 1. The Labute approximate surface area is 153 Å². The summed E-state index contributed by atoms with van der Waals surface area (Å²) in [6.07, 6.45) is 11.7. The van der Waals surface area contributed by atoms with E-state index in [0.717, 1.165) is 37.5 Å². The highest BCUT2D eigenvalue weighted by Crippen LogP contribution is 2.21. The molecular weight excluding hydrogens is 322 g/mol. The number of hydrogen-bond acceptors (Lipinski definition) is 3. The molecule has 0 fully saturated rings. The van der Waals surface area contributed by atoms with Crippen LogP contribution in [0, 0.1) is 0 Å². The fraction of sp³-hybridized carbons (Fsp3) is 0.227. The third kappa shape index (κ3) is 3.70. The number of benzene rings is 1. The average molecular weight is 345 g/mol. The van der Waals surface area contributed by atoms with Gasteiger partial charge in [-0.2, -0.15) is 0 Å². The van der Waals surface area contributed by atoms with Gasteiger partial charge in [-0.1, -0.05) is 30.4 Å². The fourth-order valence-corrected chi connectivity index (χ4v) is 3.35. The summed E-state index contributed by atoms with van der Waals surface area (Å²) < 4.78 is 5.28. The van der Waals surface area contributed by atoms with Crippen LogP contribution < -0.4 is 4.74 Å². The number of nitrogens with zero attached hydrogens (tertiary/aromatic N) is 2. The SMILES string of the molecule is COc1cccc(/C=C/C2=CCN(Cc3c[nH]c4ncccc34)CC2)c1. The molecule has 3 heterocycles. The molecule has 4 rings (SSSR count). The number of aromatic nitrogens is 2. The zero-order chi connectivity index (χ0) is 17.8. The van der Waals surface area contributed by atoms with Crippen LogP contribution >= 0.6 is 0 Å². The first-order valence-corrected chi connectivity index (χ1v) is 8.96. The van der Waals surface area contributed by atoms with Gasteiger partial charge in [-0.05, 0) is 47.4 Å². The van der Waals surface area contributed by atoms with Crippen molar-refractivity contribution in [1.82, 2.24) is 14.9 Å². The van der Waals surface area contributed by atoms with E-state index in [4.69, 9.17) is 4.74 Å². The Balaban J connectivity index is 1.39. The molecule has 26 heavy (non-hydrogen) atoms. The van der Waals surface area contributed by atoms with E-state index < -0.39 is 0 Å². The van der Waals surface area contributed by atoms with Gasteiger partial charge in [0.15, 0.2) is 0 Å². The number of H-pyrrole nitrogens is 1. The van der Waals surface area contributed by atoms with E-state index in [1.165, 1.54) is 22.1 Å². The van der Waals surface area contributed by atoms with E-state index in [2.05, 4.69) is 57.5 Å². The average Bonchev–Trinajstić information content (AvgIpc) is 3.11. The van der Waals surface area contributed by atoms with Crippen molar-refractivity contribution in [2.24, 2.45) is 0 Å². The molecule has 1 aromatic carbocycles. The van der Waals surface area contributed by atoms with Crippen molar-refractivity contribution in [2.75, 3.05) is 20.2 Å². The van der Waals surface area contributed by atoms with E-state index in [-0.39, 0.29) is 0 Å². The summed E-state index contributed by atoms with van der Waals surface area (Å²) in [4.78, 5) is 10.1. The number of pyridine rings is 1. The van der Waals surface area contributed by atoms with E-state index in [9.17, 15) is 0 Å². The van der Waals surface area contributed by atoms with E-state index in [1.807, 2.05) is 24.4 Å². The molecule has 0 aliphatic carbocycles. The highest BCUT2D eigenvalue weighted by atomic mass is 16.5. The Kier molecular flexibility index (Phi) is 4.84. The van der Waals surface area contributed by atoms with Gasteiger partial charge in [0.2, 0.25) is 0 Å². The third-order valence-electron chi connectivity index (χ3n) is 4.84. The molecule has 0 amide bonds. The molecule has 1 aliphatic heterocycles. The number of rotatable bonds is 5. The maximum absolute atomic E-state index is 5.28. The Morgan fingerprint density at radius 2 is 2.19 bits per heavy atom. The molecule has 0 bridgehead atoms. The number of aromatic amines is 1. The first-order chi connectivity index (χ1) is 12.8. The van der Waals surface area contributed by atoms with Gasteiger partial charge >= 0.3 is 0 Å². The van der Waals surface area contributed by atoms with Crippen LogP contribution in [-0.4, -0.2) is 35.1 Å². The van der Waals surface area contributed by atoms with Crippen molar-refractivity contribution >= 4 is 17.1 Å². The summed E-state index contributed by atoms with van der Waals surface area (Å²) in [6.45, 7) is 3.00. The van der Waals surface area contributed by atoms with Crippen molar-refractivity contribution in [1.29, 1.82) is 0 Å². The topological polar surface area (TPSA) is 41.1 Å². The lowest BCUT2D eigenvalue weighted by molar-refractivity contribution is 0.288. The summed E-state index contributed by atoms with van der Waals surface area (Å²) in [6, 6.07) is 12.3. The Morgan fingerprint density at radius 3 is 3.04 bits per heavy atom. The molecule has 1 aliphatic rings. The highest BCUT2D eigenvalue weighted by Gasteiger charge is 2.13. The number of methoxy groups -OCH3 is 1. The first-order valence-electron chi connectivity index (χ1n) is 8.96. The van der Waals surface area contributed by atoms with Gasteiger partial charge in [0.1, 0.15) is 11.4 Å². The van der Waals surface area contributed by atoms with Crippen molar-refractivity contribution in [3.8, 4) is 5.75 Å². The summed E-state index contributed by atoms with van der Waals surface area (Å²) in [7, 11) is 1.70. The predicted molar refractivity (Wildman–Crippen MR) is 106 cm³/mol. The minimum absolute atomic E-state index is 0.893. The highest BCUT2D eigenvalue weighted by molar-refractivity contribution is 5.79. The summed E-state index contributed by atoms with van der Waals surface area (Å²) in [5.41, 5.74) is 4.84. The summed E-state index contributed by atoms with van der Waals surface area (Å²) >= 11 is 0. The zero-order valence-corrected chi connectivity index (χ0v) is 15.0. The lowest BCUT2D eigenvalue weighted by atomic mass is 10.1. The minimum atomic E-state index is 0.893. The van der Waals surface area contributed by atoms with Crippen LogP contribution in [0.25, 0.3) is 17.1 Å². The van der Waals surface area contributed by atoms with E-state index >= 15 is 0 Å². The zero-order valence-electron chi connectivity index (χ0n) is 15.0. The van der Waals surface area contributed by atoms with Gasteiger partial charge < -0.3 is 9.72 Å². The molecular formula is C22H23N3O. The molecule has 0 radical (unpaired) electrons. The molecule has 3 aromatic rings. The molecule has 4 heteroatoms. The van der Waals surface area contributed by atoms with Crippen LogP contribution in [0.5, 0.6) is 5.75 Å². The van der Waals surface area contributed by atoms with E-state index in [0.29, 0.717) is 0 Å². The van der Waals surface area contributed by atoms with Crippen LogP contribution in [-0.2, 0) is 6.54 Å². The molecule has 0 atom stereocenters. The molecule has 0 unspecified atom stereocenters. The van der Waals surface area contributed by atoms with Gasteiger partial charge in [0.25, 0.3) is 0 Å². The molecule has 4 nitrogen and oxygen atoms in total. The molecule has 1 N–H and O–H groups in total. The van der Waals surface area contributed by atoms with Gasteiger partial charge in [-0.15, -0.1) is 0 Å². The normalized spacial score (nSPS) is 15.5. The Morgan fingerprint density at radius 1 is 1.23 bits per heavy atom. The number of allylic oxidation sites excluding steroid dienone is 1. The standard InChI is InChI=1S/C22H23N3O/c1-26-20-5-2-4-18(14-20)8-7-17-9-12-25(13-10-17)16-19-15-24-22-21(19)6-3-11-23-22/h2-9,11,14-15H,10,12-13,16H2,1H3,(H,23,24)/b8-7+. The third-order valence-corrected chi connectivity index (χ3v) is 4.84. The summed E-state index contributed by atoms with van der Waals surface area (Å²) in [5, 5.41) is 1.22. The summed E-state index contributed by atoms with van der Waals surface area (Å²) in [5.74, 6) is 0.893. The van der Waals surface area contributed by atoms with Gasteiger partial charge in [0.05, 0.1) is 7.11 Å². The smallest absolute Gasteiger partial charge is 0.137 e. The van der Waals surface area contributed by atoms with Crippen LogP contribution in [0.15, 0.2) is 66.5 Å². The van der Waals surface area contributed by atoms with Crippen LogP contribution in [0.2, 0.25) is 0 Å². The number of fused-ring (bicyclic) bond motifs is 1. The fourth-order valence-electron chi connectivity index (χ4n) is 3.35. The molecule has 2 aromatic heterocycles. The van der Waals surface area contributed by atoms with Crippen LogP contribution in [0.3, 0.4) is 0 Å². The Bertz CT molecular complexity index is 955. The molecule has 132 valence electrons. The van der Waals surface area contributed by atoms with Crippen LogP contribution in [0.1, 0.15) is 17.5 Å². The second kappa shape index (κ2) is 7.58. The maximum atomic E-state index is 5.28. The van der Waals surface area contributed by atoms with Crippen molar-refractivity contribution in [3.05, 3.63) is 77.6 Å². The van der Waals surface area contributed by atoms with E-state index in [1.54, 1.807) is 7.11 Å². The number of ether oxygens (including phenoxy) is 1. The van der Waals surface area contributed by atoms with Crippen molar-refractivity contribution in [2.45, 2.75) is 13.0 Å². The second-order valence-corrected chi connectivity index (χ2v) is 6.59. The lowest BCUT2D eigenvalue weighted by Crippen LogP contribution is -2.27. The maximum Gasteiger partial charge on any atom is 0.137 e. The Hall–Kier alpha value is -2.85. The van der Waals surface area contributed by atoms with Crippen LogP contribution in [0.4, 0.5) is 0 Å². The molecule has 0 spiro atoms. The van der Waals surface area contributed by atoms with Gasteiger partial charge in [-0.3, -0.25) is 4.90 Å². The monoisotopic (exact) mass is 345 g/mol. The molecule has 0 saturated heterocycles. The molecule has 0 saturated carbocycles. The minimum Gasteiger partial charge on any atom is -0.497 e. The lowest BCUT2D eigenvalue weighted by Gasteiger charge is -2.25. The van der Waals surface area contributed by atoms with Gasteiger partial charge in [0, 0.05) is 37.4 Å².